The van der Waals surface area contributed by atoms with Crippen LogP contribution in [0, 0.1) is 17.6 Å². The lowest BCUT2D eigenvalue weighted by Gasteiger charge is -2.30. The van der Waals surface area contributed by atoms with Crippen LogP contribution >= 0.6 is 0 Å². The van der Waals surface area contributed by atoms with Crippen molar-refractivity contribution in [1.29, 1.82) is 0 Å². The molecule has 2 amide bonds. The number of aliphatic hydroxyl groups excluding tert-OH is 1. The Balaban J connectivity index is 1.97. The molecule has 3 N–H and O–H groups in total. The number of benzene rings is 1. The van der Waals surface area contributed by atoms with Gasteiger partial charge in [0, 0.05) is 18.7 Å². The van der Waals surface area contributed by atoms with Gasteiger partial charge in [-0.1, -0.05) is 19.3 Å². The zero-order valence-corrected chi connectivity index (χ0v) is 13.4. The number of halogens is 2. The van der Waals surface area contributed by atoms with Crippen LogP contribution in [0.15, 0.2) is 18.2 Å². The van der Waals surface area contributed by atoms with E-state index in [-0.39, 0.29) is 24.3 Å². The van der Waals surface area contributed by atoms with Crippen LogP contribution in [0.2, 0.25) is 0 Å². The average Bonchev–Trinajstić information content (AvgIpc) is 2.58. The van der Waals surface area contributed by atoms with Crippen LogP contribution in [0.25, 0.3) is 0 Å². The highest BCUT2D eigenvalue weighted by Gasteiger charge is 2.27. The topological polar surface area (TPSA) is 78.4 Å². The summed E-state index contributed by atoms with van der Waals surface area (Å²) >= 11 is 0. The molecular weight excluding hydrogens is 318 g/mol. The molecule has 0 heterocycles. The maximum Gasteiger partial charge on any atom is 0.313 e. The monoisotopic (exact) mass is 340 g/mol. The number of carbonyl (C=O) groups is 2. The normalized spacial score (nSPS) is 16.5. The van der Waals surface area contributed by atoms with Crippen LogP contribution in [0.4, 0.5) is 14.5 Å². The van der Waals surface area contributed by atoms with E-state index in [1.165, 1.54) is 0 Å². The minimum Gasteiger partial charge on any atom is -0.396 e. The summed E-state index contributed by atoms with van der Waals surface area (Å²) in [6.07, 6.45) is 5.50. The predicted octanol–water partition coefficient (Wildman–Crippen LogP) is 2.35. The van der Waals surface area contributed by atoms with Gasteiger partial charge in [-0.15, -0.1) is 0 Å². The molecule has 0 spiro atoms. The van der Waals surface area contributed by atoms with Crippen molar-refractivity contribution in [3.63, 3.8) is 0 Å². The quantitative estimate of drug-likeness (QED) is 0.720. The van der Waals surface area contributed by atoms with E-state index < -0.39 is 23.4 Å². The molecule has 1 fully saturated rings. The molecule has 0 aromatic heterocycles. The first-order chi connectivity index (χ1) is 11.5. The zero-order valence-electron chi connectivity index (χ0n) is 13.4. The van der Waals surface area contributed by atoms with Gasteiger partial charge < -0.3 is 15.7 Å². The second-order valence-electron chi connectivity index (χ2n) is 6.07. The molecule has 1 aromatic carbocycles. The molecule has 1 unspecified atom stereocenters. The van der Waals surface area contributed by atoms with Crippen molar-refractivity contribution >= 4 is 17.5 Å². The Labute approximate surface area is 139 Å². The van der Waals surface area contributed by atoms with E-state index in [0.717, 1.165) is 50.3 Å². The summed E-state index contributed by atoms with van der Waals surface area (Å²) in [5.41, 5.74) is -0.383. The number of hydrogen-bond acceptors (Lipinski definition) is 3. The first-order valence-corrected chi connectivity index (χ1v) is 8.19. The van der Waals surface area contributed by atoms with Crippen molar-refractivity contribution in [2.45, 2.75) is 44.6 Å². The van der Waals surface area contributed by atoms with E-state index in [1.807, 2.05) is 0 Å². The molecule has 5 nitrogen and oxygen atoms in total. The van der Waals surface area contributed by atoms with Gasteiger partial charge in [0.05, 0.1) is 5.69 Å². The summed E-state index contributed by atoms with van der Waals surface area (Å²) in [5, 5.41) is 13.9. The van der Waals surface area contributed by atoms with Gasteiger partial charge in [0.25, 0.3) is 0 Å². The molecular formula is C17H22F2N2O3. The summed E-state index contributed by atoms with van der Waals surface area (Å²) in [7, 11) is 0. The van der Waals surface area contributed by atoms with Gasteiger partial charge in [0.1, 0.15) is 11.6 Å². The van der Waals surface area contributed by atoms with Gasteiger partial charge in [0.2, 0.25) is 0 Å². The lowest BCUT2D eigenvalue weighted by molar-refractivity contribution is -0.137. The number of rotatable bonds is 5. The third kappa shape index (κ3) is 4.99. The highest BCUT2D eigenvalue weighted by molar-refractivity contribution is 6.39. The number of aliphatic hydroxyl groups is 1. The maximum atomic E-state index is 13.5. The van der Waals surface area contributed by atoms with Gasteiger partial charge >= 0.3 is 11.8 Å². The molecule has 0 aliphatic heterocycles. The summed E-state index contributed by atoms with van der Waals surface area (Å²) in [4.78, 5) is 24.0. The van der Waals surface area contributed by atoms with Crippen molar-refractivity contribution < 1.29 is 23.5 Å². The number of amides is 2. The van der Waals surface area contributed by atoms with Crippen molar-refractivity contribution in [2.75, 3.05) is 11.9 Å². The molecule has 1 saturated carbocycles. The third-order valence-corrected chi connectivity index (χ3v) is 4.36. The Morgan fingerprint density at radius 1 is 1.17 bits per heavy atom. The van der Waals surface area contributed by atoms with Crippen LogP contribution in [0.1, 0.15) is 38.5 Å². The largest absolute Gasteiger partial charge is 0.396 e. The second-order valence-corrected chi connectivity index (χ2v) is 6.07. The lowest BCUT2D eigenvalue weighted by atomic mass is 9.82. The lowest BCUT2D eigenvalue weighted by Crippen LogP contribution is -2.46. The number of anilines is 1. The Kier molecular flexibility index (Phi) is 6.66. The molecule has 132 valence electrons. The van der Waals surface area contributed by atoms with Crippen molar-refractivity contribution in [1.82, 2.24) is 5.32 Å². The molecule has 0 radical (unpaired) electrons. The first-order valence-electron chi connectivity index (χ1n) is 8.19. The molecule has 24 heavy (non-hydrogen) atoms. The Morgan fingerprint density at radius 2 is 1.88 bits per heavy atom. The van der Waals surface area contributed by atoms with E-state index in [2.05, 4.69) is 10.6 Å². The fourth-order valence-electron chi connectivity index (χ4n) is 3.11. The molecule has 0 bridgehead atoms. The van der Waals surface area contributed by atoms with Crippen molar-refractivity contribution in [3.8, 4) is 0 Å². The van der Waals surface area contributed by atoms with E-state index in [4.69, 9.17) is 0 Å². The van der Waals surface area contributed by atoms with Gasteiger partial charge in [-0.2, -0.15) is 0 Å². The van der Waals surface area contributed by atoms with E-state index in [0.29, 0.717) is 6.42 Å². The second kappa shape index (κ2) is 8.73. The molecule has 0 saturated heterocycles. The minimum atomic E-state index is -1.06. The van der Waals surface area contributed by atoms with Gasteiger partial charge in [0.15, 0.2) is 0 Å². The van der Waals surface area contributed by atoms with E-state index in [9.17, 15) is 23.5 Å². The number of nitrogens with one attached hydrogen (secondary N) is 2. The summed E-state index contributed by atoms with van der Waals surface area (Å²) in [6.45, 7) is -0.0956. The molecule has 1 aliphatic carbocycles. The summed E-state index contributed by atoms with van der Waals surface area (Å²) in [5.74, 6) is -3.29. The van der Waals surface area contributed by atoms with E-state index in [1.54, 1.807) is 0 Å². The zero-order chi connectivity index (χ0) is 17.5. The maximum absolute atomic E-state index is 13.5. The van der Waals surface area contributed by atoms with Crippen LogP contribution in [0.3, 0.4) is 0 Å². The van der Waals surface area contributed by atoms with Crippen LogP contribution in [-0.2, 0) is 9.59 Å². The van der Waals surface area contributed by atoms with Crippen molar-refractivity contribution in [3.05, 3.63) is 29.8 Å². The Hall–Kier alpha value is -2.02. The molecule has 7 heteroatoms. The molecule has 1 aromatic rings. The summed E-state index contributed by atoms with van der Waals surface area (Å²) in [6, 6.07) is 2.31. The highest BCUT2D eigenvalue weighted by atomic mass is 19.1. The van der Waals surface area contributed by atoms with Gasteiger partial charge in [-0.05, 0) is 37.3 Å². The molecule has 2 rings (SSSR count). The van der Waals surface area contributed by atoms with Crippen LogP contribution in [-0.4, -0.2) is 29.6 Å². The predicted molar refractivity (Wildman–Crippen MR) is 85.2 cm³/mol. The SMILES string of the molecule is O=C(Nc1cc(F)ccc1F)C(=O)NC(CCO)C1CCCCC1. The smallest absolute Gasteiger partial charge is 0.313 e. The third-order valence-electron chi connectivity index (χ3n) is 4.36. The highest BCUT2D eigenvalue weighted by Crippen LogP contribution is 2.27. The Bertz CT molecular complexity index is 589. The summed E-state index contributed by atoms with van der Waals surface area (Å²) < 4.78 is 26.6. The molecule has 1 aliphatic rings. The molecule has 1 atom stereocenters. The standard InChI is InChI=1S/C17H22F2N2O3/c18-12-6-7-13(19)15(10-12)21-17(24)16(23)20-14(8-9-22)11-4-2-1-3-5-11/h6-7,10-11,14,22H,1-5,8-9H2,(H,20,23)(H,21,24). The minimum absolute atomic E-state index is 0.0956. The van der Waals surface area contributed by atoms with Gasteiger partial charge in [-0.3, -0.25) is 9.59 Å². The number of hydrogen-bond donors (Lipinski definition) is 3. The van der Waals surface area contributed by atoms with Gasteiger partial charge in [-0.25, -0.2) is 8.78 Å². The number of carbonyl (C=O) groups excluding carboxylic acids is 2. The Morgan fingerprint density at radius 3 is 2.54 bits per heavy atom. The fourth-order valence-corrected chi connectivity index (χ4v) is 3.11. The fraction of sp³-hybridized carbons (Fsp3) is 0.529. The van der Waals surface area contributed by atoms with Crippen LogP contribution < -0.4 is 10.6 Å². The van der Waals surface area contributed by atoms with Crippen LogP contribution in [0.5, 0.6) is 0 Å². The van der Waals surface area contributed by atoms with Crippen molar-refractivity contribution in [2.24, 2.45) is 5.92 Å². The average molecular weight is 340 g/mol. The van der Waals surface area contributed by atoms with E-state index >= 15 is 0 Å². The first kappa shape index (κ1) is 18.3.